The molecule has 1 aromatic carbocycles. The SMILES string of the molecule is CNc1nc(NCCO)nc2c(NCc3ccccc3)ncnc12. The third-order valence-electron chi connectivity index (χ3n) is 3.42. The van der Waals surface area contributed by atoms with E-state index in [4.69, 9.17) is 5.11 Å². The van der Waals surface area contributed by atoms with Gasteiger partial charge in [0.25, 0.3) is 0 Å². The van der Waals surface area contributed by atoms with Gasteiger partial charge in [0.2, 0.25) is 5.95 Å². The summed E-state index contributed by atoms with van der Waals surface area (Å²) in [6.45, 7) is 1.00. The lowest BCUT2D eigenvalue weighted by molar-refractivity contribution is 0.311. The number of anilines is 3. The van der Waals surface area contributed by atoms with Crippen LogP contribution in [-0.4, -0.2) is 45.2 Å². The van der Waals surface area contributed by atoms with Gasteiger partial charge in [-0.3, -0.25) is 0 Å². The molecule has 0 radical (unpaired) electrons. The summed E-state index contributed by atoms with van der Waals surface area (Å²) in [6, 6.07) is 10.0. The molecule has 0 amide bonds. The van der Waals surface area contributed by atoms with Crippen LogP contribution in [0.5, 0.6) is 0 Å². The molecular formula is C16H19N7O. The number of aliphatic hydroxyl groups is 1. The van der Waals surface area contributed by atoms with Gasteiger partial charge in [0.1, 0.15) is 17.4 Å². The van der Waals surface area contributed by atoms with Crippen LogP contribution in [0.25, 0.3) is 11.0 Å². The van der Waals surface area contributed by atoms with E-state index in [9.17, 15) is 0 Å². The van der Waals surface area contributed by atoms with Crippen LogP contribution in [-0.2, 0) is 6.54 Å². The summed E-state index contributed by atoms with van der Waals surface area (Å²) < 4.78 is 0. The minimum Gasteiger partial charge on any atom is -0.395 e. The average molecular weight is 325 g/mol. The van der Waals surface area contributed by atoms with Crippen molar-refractivity contribution < 1.29 is 5.11 Å². The first-order valence-corrected chi connectivity index (χ1v) is 7.65. The fourth-order valence-electron chi connectivity index (χ4n) is 2.28. The van der Waals surface area contributed by atoms with Gasteiger partial charge in [-0.15, -0.1) is 0 Å². The Labute approximate surface area is 139 Å². The summed E-state index contributed by atoms with van der Waals surface area (Å²) in [7, 11) is 1.77. The van der Waals surface area contributed by atoms with E-state index in [1.807, 2.05) is 30.3 Å². The van der Waals surface area contributed by atoms with Crippen molar-refractivity contribution in [3.8, 4) is 0 Å². The second-order valence-electron chi connectivity index (χ2n) is 5.05. The van der Waals surface area contributed by atoms with E-state index in [1.54, 1.807) is 7.05 Å². The zero-order chi connectivity index (χ0) is 16.8. The number of rotatable bonds is 7. The molecule has 8 heteroatoms. The highest BCUT2D eigenvalue weighted by Gasteiger charge is 2.12. The molecule has 124 valence electrons. The quantitative estimate of drug-likeness (QED) is 0.517. The predicted molar refractivity (Wildman–Crippen MR) is 94.0 cm³/mol. The molecule has 3 rings (SSSR count). The fraction of sp³-hybridized carbons (Fsp3) is 0.250. The Morgan fingerprint density at radius 1 is 0.958 bits per heavy atom. The van der Waals surface area contributed by atoms with Gasteiger partial charge >= 0.3 is 0 Å². The Hall–Kier alpha value is -3.00. The van der Waals surface area contributed by atoms with E-state index >= 15 is 0 Å². The number of hydrogen-bond donors (Lipinski definition) is 4. The second-order valence-corrected chi connectivity index (χ2v) is 5.05. The van der Waals surface area contributed by atoms with E-state index < -0.39 is 0 Å². The standard InChI is InChI=1S/C16H19N7O/c1-17-14-12-13(22-16(23-14)18-7-8-24)15(21-10-20-12)19-9-11-5-3-2-4-6-11/h2-6,10,24H,7-9H2,1H3,(H,19,20,21)(H2,17,18,22,23). The van der Waals surface area contributed by atoms with Gasteiger partial charge in [-0.2, -0.15) is 4.98 Å². The van der Waals surface area contributed by atoms with Crippen molar-refractivity contribution in [2.75, 3.05) is 36.1 Å². The van der Waals surface area contributed by atoms with Gasteiger partial charge in [-0.1, -0.05) is 30.3 Å². The molecule has 24 heavy (non-hydrogen) atoms. The number of hydrogen-bond acceptors (Lipinski definition) is 8. The summed E-state index contributed by atoms with van der Waals surface area (Å²) in [6.07, 6.45) is 1.49. The van der Waals surface area contributed by atoms with Crippen LogP contribution < -0.4 is 16.0 Å². The van der Waals surface area contributed by atoms with Gasteiger partial charge < -0.3 is 21.1 Å². The van der Waals surface area contributed by atoms with Crippen molar-refractivity contribution in [2.45, 2.75) is 6.54 Å². The smallest absolute Gasteiger partial charge is 0.225 e. The molecule has 0 bridgehead atoms. The molecule has 2 heterocycles. The van der Waals surface area contributed by atoms with E-state index in [2.05, 4.69) is 35.9 Å². The fourth-order valence-corrected chi connectivity index (χ4v) is 2.28. The molecule has 0 unspecified atom stereocenters. The first-order valence-electron chi connectivity index (χ1n) is 7.65. The average Bonchev–Trinajstić information content (AvgIpc) is 2.64. The number of fused-ring (bicyclic) bond motifs is 1. The van der Waals surface area contributed by atoms with Crippen LogP contribution in [0.2, 0.25) is 0 Å². The molecule has 0 aliphatic carbocycles. The highest BCUT2D eigenvalue weighted by Crippen LogP contribution is 2.24. The molecule has 0 aliphatic rings. The Morgan fingerprint density at radius 3 is 2.54 bits per heavy atom. The van der Waals surface area contributed by atoms with Crippen molar-refractivity contribution >= 4 is 28.6 Å². The van der Waals surface area contributed by atoms with Crippen LogP contribution in [0, 0.1) is 0 Å². The summed E-state index contributed by atoms with van der Waals surface area (Å²) in [5.74, 6) is 1.65. The molecule has 0 spiro atoms. The molecule has 4 N–H and O–H groups in total. The van der Waals surface area contributed by atoms with Gasteiger partial charge in [0, 0.05) is 20.1 Å². The lowest BCUT2D eigenvalue weighted by Gasteiger charge is -2.12. The maximum absolute atomic E-state index is 8.96. The van der Waals surface area contributed by atoms with Crippen molar-refractivity contribution in [2.24, 2.45) is 0 Å². The topological polar surface area (TPSA) is 108 Å². The third kappa shape index (κ3) is 3.49. The molecule has 0 atom stereocenters. The number of aliphatic hydroxyl groups excluding tert-OH is 1. The van der Waals surface area contributed by atoms with E-state index in [0.717, 1.165) is 5.56 Å². The Kier molecular flexibility index (Phi) is 4.97. The normalized spacial score (nSPS) is 10.6. The van der Waals surface area contributed by atoms with E-state index in [0.29, 0.717) is 41.7 Å². The summed E-state index contributed by atoms with van der Waals surface area (Å²) >= 11 is 0. The van der Waals surface area contributed by atoms with Gasteiger partial charge in [-0.05, 0) is 5.56 Å². The van der Waals surface area contributed by atoms with E-state index in [-0.39, 0.29) is 6.61 Å². The Balaban J connectivity index is 1.94. The Bertz CT molecular complexity index is 810. The predicted octanol–water partition coefficient (Wildman–Crippen LogP) is 1.48. The van der Waals surface area contributed by atoms with Gasteiger partial charge in [0.05, 0.1) is 6.61 Å². The zero-order valence-corrected chi connectivity index (χ0v) is 13.3. The minimum atomic E-state index is 0.000683. The summed E-state index contributed by atoms with van der Waals surface area (Å²) in [5.41, 5.74) is 2.40. The second kappa shape index (κ2) is 7.51. The van der Waals surface area contributed by atoms with Crippen LogP contribution in [0.3, 0.4) is 0 Å². The number of nitrogens with zero attached hydrogens (tertiary/aromatic N) is 4. The monoisotopic (exact) mass is 325 g/mol. The summed E-state index contributed by atoms with van der Waals surface area (Å²) in [4.78, 5) is 17.4. The van der Waals surface area contributed by atoms with Gasteiger partial charge in [-0.25, -0.2) is 15.0 Å². The van der Waals surface area contributed by atoms with Crippen LogP contribution in [0.1, 0.15) is 5.56 Å². The largest absolute Gasteiger partial charge is 0.395 e. The maximum atomic E-state index is 8.96. The first-order chi connectivity index (χ1) is 11.8. The molecule has 0 saturated carbocycles. The highest BCUT2D eigenvalue weighted by molar-refractivity contribution is 5.93. The molecule has 0 aliphatic heterocycles. The lowest BCUT2D eigenvalue weighted by Crippen LogP contribution is -2.11. The van der Waals surface area contributed by atoms with Crippen LogP contribution in [0.15, 0.2) is 36.7 Å². The first kappa shape index (κ1) is 15.9. The molecule has 0 fully saturated rings. The maximum Gasteiger partial charge on any atom is 0.225 e. The lowest BCUT2D eigenvalue weighted by atomic mass is 10.2. The number of benzene rings is 1. The van der Waals surface area contributed by atoms with Crippen molar-refractivity contribution in [3.05, 3.63) is 42.2 Å². The molecule has 8 nitrogen and oxygen atoms in total. The molecule has 2 aromatic heterocycles. The Morgan fingerprint density at radius 2 is 1.79 bits per heavy atom. The van der Waals surface area contributed by atoms with Crippen molar-refractivity contribution in [3.63, 3.8) is 0 Å². The molecule has 0 saturated heterocycles. The zero-order valence-electron chi connectivity index (χ0n) is 13.3. The number of nitrogens with one attached hydrogen (secondary N) is 3. The minimum absolute atomic E-state index is 0.000683. The summed E-state index contributed by atoms with van der Waals surface area (Å²) in [5, 5.41) is 18.2. The third-order valence-corrected chi connectivity index (χ3v) is 3.42. The number of aromatic nitrogens is 4. The highest BCUT2D eigenvalue weighted by atomic mass is 16.3. The molecule has 3 aromatic rings. The van der Waals surface area contributed by atoms with Crippen LogP contribution >= 0.6 is 0 Å². The van der Waals surface area contributed by atoms with Crippen LogP contribution in [0.4, 0.5) is 17.6 Å². The van der Waals surface area contributed by atoms with Crippen molar-refractivity contribution in [1.29, 1.82) is 0 Å². The molecular weight excluding hydrogens is 306 g/mol. The van der Waals surface area contributed by atoms with E-state index in [1.165, 1.54) is 6.33 Å². The van der Waals surface area contributed by atoms with Gasteiger partial charge in [0.15, 0.2) is 11.6 Å². The van der Waals surface area contributed by atoms with Crippen molar-refractivity contribution in [1.82, 2.24) is 19.9 Å².